The third kappa shape index (κ3) is 6.97. The maximum absolute atomic E-state index is 12.8. The second-order valence-corrected chi connectivity index (χ2v) is 8.34. The third-order valence-corrected chi connectivity index (χ3v) is 5.97. The minimum absolute atomic E-state index is 0.0164. The highest BCUT2D eigenvalue weighted by atomic mass is 16.7. The van der Waals surface area contributed by atoms with E-state index in [0.29, 0.717) is 36.9 Å². The molecule has 0 atom stereocenters. The summed E-state index contributed by atoms with van der Waals surface area (Å²) in [7, 11) is 0. The van der Waals surface area contributed by atoms with E-state index in [1.54, 1.807) is 31.2 Å². The van der Waals surface area contributed by atoms with Crippen molar-refractivity contribution in [2.24, 2.45) is 5.92 Å². The quantitative estimate of drug-likeness (QED) is 0.467. The van der Waals surface area contributed by atoms with E-state index in [9.17, 15) is 14.4 Å². The van der Waals surface area contributed by atoms with Crippen LogP contribution in [0, 0.1) is 19.8 Å². The van der Waals surface area contributed by atoms with Crippen LogP contribution in [0.2, 0.25) is 0 Å². The third-order valence-electron chi connectivity index (χ3n) is 5.97. The number of aryl methyl sites for hydroxylation is 1. The van der Waals surface area contributed by atoms with Crippen LogP contribution in [-0.2, 0) is 9.53 Å². The largest absolute Gasteiger partial charge is 0.513 e. The van der Waals surface area contributed by atoms with Gasteiger partial charge < -0.3 is 24.4 Å². The minimum Gasteiger partial charge on any atom is -0.483 e. The van der Waals surface area contributed by atoms with Gasteiger partial charge in [-0.25, -0.2) is 4.79 Å². The number of nitrogens with one attached hydrogen (secondary N) is 1. The number of ether oxygens (including phenoxy) is 3. The lowest BCUT2D eigenvalue weighted by atomic mass is 9.96. The summed E-state index contributed by atoms with van der Waals surface area (Å²) >= 11 is 0. The number of hydrogen-bond acceptors (Lipinski definition) is 6. The van der Waals surface area contributed by atoms with Gasteiger partial charge in [0.15, 0.2) is 6.61 Å². The molecule has 1 saturated heterocycles. The lowest BCUT2D eigenvalue weighted by molar-refractivity contribution is -0.123. The van der Waals surface area contributed by atoms with E-state index in [4.69, 9.17) is 14.2 Å². The molecule has 182 valence electrons. The Morgan fingerprint density at radius 1 is 1.03 bits per heavy atom. The van der Waals surface area contributed by atoms with E-state index in [-0.39, 0.29) is 25.0 Å². The summed E-state index contributed by atoms with van der Waals surface area (Å²) in [6.07, 6.45) is 0.856. The molecule has 0 unspecified atom stereocenters. The molecule has 2 amide bonds. The Morgan fingerprint density at radius 3 is 2.41 bits per heavy atom. The van der Waals surface area contributed by atoms with Gasteiger partial charge >= 0.3 is 6.16 Å². The van der Waals surface area contributed by atoms with Crippen molar-refractivity contribution in [1.82, 2.24) is 10.2 Å². The summed E-state index contributed by atoms with van der Waals surface area (Å²) in [5.74, 6) is 1.15. The predicted molar refractivity (Wildman–Crippen MR) is 127 cm³/mol. The second-order valence-electron chi connectivity index (χ2n) is 8.34. The van der Waals surface area contributed by atoms with Crippen molar-refractivity contribution in [1.29, 1.82) is 0 Å². The second kappa shape index (κ2) is 12.1. The van der Waals surface area contributed by atoms with Crippen LogP contribution in [0.5, 0.6) is 11.5 Å². The van der Waals surface area contributed by atoms with Crippen LogP contribution in [0.15, 0.2) is 42.5 Å². The van der Waals surface area contributed by atoms with Crippen molar-refractivity contribution >= 4 is 18.0 Å². The molecule has 3 rings (SSSR count). The number of likely N-dealkylation sites (tertiary alicyclic amines) is 1. The topological polar surface area (TPSA) is 94.2 Å². The highest BCUT2D eigenvalue weighted by Gasteiger charge is 2.24. The smallest absolute Gasteiger partial charge is 0.483 e. The predicted octanol–water partition coefficient (Wildman–Crippen LogP) is 3.89. The molecule has 34 heavy (non-hydrogen) atoms. The Balaban J connectivity index is 1.39. The van der Waals surface area contributed by atoms with Crippen LogP contribution < -0.4 is 14.8 Å². The standard InChI is InChI=1S/C26H32N2O6/c1-4-32-26(31)34-22-10-8-21(9-11-22)25(30)28-14-12-20(13-15-28)16-27-24(29)17-33-23-7-5-6-18(2)19(23)3/h5-11,20H,4,12-17H2,1-3H3,(H,27,29). The summed E-state index contributed by atoms with van der Waals surface area (Å²) in [6.45, 7) is 7.71. The highest BCUT2D eigenvalue weighted by Crippen LogP contribution is 2.21. The molecule has 0 saturated carbocycles. The molecular formula is C26H32N2O6. The van der Waals surface area contributed by atoms with Crippen LogP contribution >= 0.6 is 0 Å². The van der Waals surface area contributed by atoms with Crippen LogP contribution in [0.25, 0.3) is 0 Å². The normalized spacial score (nSPS) is 13.8. The maximum atomic E-state index is 12.8. The molecule has 2 aromatic carbocycles. The van der Waals surface area contributed by atoms with Gasteiger partial charge in [-0.3, -0.25) is 9.59 Å². The van der Waals surface area contributed by atoms with Gasteiger partial charge in [-0.05, 0) is 81.0 Å². The summed E-state index contributed by atoms with van der Waals surface area (Å²) in [5.41, 5.74) is 2.69. The maximum Gasteiger partial charge on any atom is 0.513 e. The fraction of sp³-hybridized carbons (Fsp3) is 0.423. The van der Waals surface area contributed by atoms with E-state index in [1.165, 1.54) is 0 Å². The summed E-state index contributed by atoms with van der Waals surface area (Å²) in [4.78, 5) is 38.2. The molecule has 1 aliphatic rings. The zero-order chi connectivity index (χ0) is 24.5. The van der Waals surface area contributed by atoms with Gasteiger partial charge in [-0.1, -0.05) is 12.1 Å². The Kier molecular flexibility index (Phi) is 8.90. The Hall–Kier alpha value is -3.55. The van der Waals surface area contributed by atoms with Crippen LogP contribution in [0.4, 0.5) is 4.79 Å². The molecule has 0 aromatic heterocycles. The molecule has 8 heteroatoms. The SMILES string of the molecule is CCOC(=O)Oc1ccc(C(=O)N2CCC(CNC(=O)COc3cccc(C)c3C)CC2)cc1. The molecule has 0 spiro atoms. The first-order valence-corrected chi connectivity index (χ1v) is 11.6. The molecular weight excluding hydrogens is 436 g/mol. The van der Waals surface area contributed by atoms with Gasteiger partial charge in [0.25, 0.3) is 11.8 Å². The molecule has 1 N–H and O–H groups in total. The van der Waals surface area contributed by atoms with Crippen LogP contribution in [0.1, 0.15) is 41.3 Å². The van der Waals surface area contributed by atoms with Crippen molar-refractivity contribution in [3.05, 3.63) is 59.2 Å². The van der Waals surface area contributed by atoms with E-state index < -0.39 is 6.16 Å². The number of rotatable bonds is 8. The van der Waals surface area contributed by atoms with E-state index >= 15 is 0 Å². The first kappa shape index (κ1) is 25.1. The Morgan fingerprint density at radius 2 is 1.74 bits per heavy atom. The Labute approximate surface area is 200 Å². The lowest BCUT2D eigenvalue weighted by Crippen LogP contribution is -2.42. The van der Waals surface area contributed by atoms with Gasteiger partial charge in [0.1, 0.15) is 11.5 Å². The molecule has 8 nitrogen and oxygen atoms in total. The van der Waals surface area contributed by atoms with Gasteiger partial charge in [-0.2, -0.15) is 0 Å². The lowest BCUT2D eigenvalue weighted by Gasteiger charge is -2.32. The first-order chi connectivity index (χ1) is 16.4. The number of nitrogens with zero attached hydrogens (tertiary/aromatic N) is 1. The monoisotopic (exact) mass is 468 g/mol. The summed E-state index contributed by atoms with van der Waals surface area (Å²) in [6, 6.07) is 12.2. The van der Waals surface area contributed by atoms with Crippen LogP contribution in [0.3, 0.4) is 0 Å². The zero-order valence-corrected chi connectivity index (χ0v) is 20.0. The highest BCUT2D eigenvalue weighted by molar-refractivity contribution is 5.94. The van der Waals surface area contributed by atoms with Gasteiger partial charge in [0.2, 0.25) is 0 Å². The van der Waals surface area contributed by atoms with Crippen LogP contribution in [-0.4, -0.2) is 55.7 Å². The van der Waals surface area contributed by atoms with Crippen molar-refractivity contribution < 1.29 is 28.6 Å². The van der Waals surface area contributed by atoms with Gasteiger partial charge in [0.05, 0.1) is 6.61 Å². The van der Waals surface area contributed by atoms with Crippen molar-refractivity contribution in [3.63, 3.8) is 0 Å². The Bertz CT molecular complexity index is 997. The molecule has 0 aliphatic carbocycles. The molecule has 1 heterocycles. The van der Waals surface area contributed by atoms with Gasteiger partial charge in [-0.15, -0.1) is 0 Å². The number of carbonyl (C=O) groups is 3. The molecule has 0 radical (unpaired) electrons. The minimum atomic E-state index is -0.771. The van der Waals surface area contributed by atoms with Crippen molar-refractivity contribution in [2.75, 3.05) is 32.8 Å². The molecule has 2 aromatic rings. The van der Waals surface area contributed by atoms with Gasteiger partial charge in [0, 0.05) is 25.2 Å². The fourth-order valence-corrected chi connectivity index (χ4v) is 3.76. The number of carbonyl (C=O) groups excluding carboxylic acids is 3. The average molecular weight is 469 g/mol. The number of amides is 2. The fourth-order valence-electron chi connectivity index (χ4n) is 3.76. The number of hydrogen-bond donors (Lipinski definition) is 1. The number of benzene rings is 2. The summed E-state index contributed by atoms with van der Waals surface area (Å²) in [5, 5.41) is 2.94. The van der Waals surface area contributed by atoms with Crippen molar-refractivity contribution in [2.45, 2.75) is 33.6 Å². The average Bonchev–Trinajstić information content (AvgIpc) is 2.84. The first-order valence-electron chi connectivity index (χ1n) is 11.6. The van der Waals surface area contributed by atoms with Crippen molar-refractivity contribution in [3.8, 4) is 11.5 Å². The summed E-state index contributed by atoms with van der Waals surface area (Å²) < 4.78 is 15.4. The molecule has 1 fully saturated rings. The van der Waals surface area contributed by atoms with E-state index in [1.807, 2.05) is 36.9 Å². The molecule has 0 bridgehead atoms. The van der Waals surface area contributed by atoms with E-state index in [0.717, 1.165) is 29.7 Å². The molecule has 1 aliphatic heterocycles. The zero-order valence-electron chi connectivity index (χ0n) is 20.0. The number of piperidine rings is 1. The van der Waals surface area contributed by atoms with E-state index in [2.05, 4.69) is 5.32 Å².